The van der Waals surface area contributed by atoms with Crippen molar-refractivity contribution >= 4 is 57.0 Å². The first-order valence-electron chi connectivity index (χ1n) is 17.7. The van der Waals surface area contributed by atoms with E-state index in [4.69, 9.17) is 9.40 Å². The van der Waals surface area contributed by atoms with Crippen molar-refractivity contribution in [1.82, 2.24) is 19.5 Å². The van der Waals surface area contributed by atoms with Gasteiger partial charge in [-0.05, 0) is 33.8 Å². The summed E-state index contributed by atoms with van der Waals surface area (Å²) in [4.78, 5) is 14.4. The fraction of sp³-hybridized carbons (Fsp3) is 0.152. The van der Waals surface area contributed by atoms with Gasteiger partial charge >= 0.3 is 0 Å². The Labute approximate surface area is 325 Å². The molecular weight excluding hydrogens is 845 g/mol. The number of fused-ring (bicyclic) bond motifs is 6. The quantitative estimate of drug-likeness (QED) is 0.131. The molecule has 265 valence electrons. The molecule has 0 unspecified atom stereocenters. The number of furan rings is 1. The molecule has 7 heteroatoms. The van der Waals surface area contributed by atoms with E-state index in [1.54, 1.807) is 0 Å². The molecule has 0 bridgehead atoms. The average molecular weight is 885 g/mol. The van der Waals surface area contributed by atoms with Crippen molar-refractivity contribution in [3.8, 4) is 28.3 Å². The second-order valence-electron chi connectivity index (χ2n) is 15.2. The van der Waals surface area contributed by atoms with E-state index >= 15 is 0 Å². The molecule has 5 aromatic carbocycles. The van der Waals surface area contributed by atoms with E-state index in [2.05, 4.69) is 134 Å². The maximum absolute atomic E-state index is 6.64. The maximum Gasteiger partial charge on any atom is 0.128 e. The Morgan fingerprint density at radius 1 is 0.679 bits per heavy atom. The molecule has 1 radical (unpaired) electrons. The summed E-state index contributed by atoms with van der Waals surface area (Å²) < 4.78 is 8.81. The smallest absolute Gasteiger partial charge is 0.128 e. The van der Waals surface area contributed by atoms with Crippen molar-refractivity contribution in [2.24, 2.45) is 0 Å². The summed E-state index contributed by atoms with van der Waals surface area (Å²) in [7, 11) is -1.23. The third-order valence-electron chi connectivity index (χ3n) is 9.55. The molecule has 4 aromatic heterocycles. The van der Waals surface area contributed by atoms with Crippen LogP contribution in [0.1, 0.15) is 26.3 Å². The van der Waals surface area contributed by atoms with Crippen LogP contribution >= 0.6 is 0 Å². The van der Waals surface area contributed by atoms with Crippen LogP contribution in [0.4, 0.5) is 0 Å². The third kappa shape index (κ3) is 6.88. The minimum atomic E-state index is -1.23. The maximum atomic E-state index is 6.64. The first-order chi connectivity index (χ1) is 25.1. The van der Waals surface area contributed by atoms with Crippen molar-refractivity contribution in [3.05, 3.63) is 152 Å². The topological polar surface area (TPSA) is 56.7 Å². The third-order valence-corrected chi connectivity index (χ3v) is 11.6. The molecule has 53 heavy (non-hydrogen) atoms. The molecule has 0 N–H and O–H groups in total. The Kier molecular flexibility index (Phi) is 9.77. The first kappa shape index (κ1) is 36.2. The molecule has 4 heterocycles. The Morgan fingerprint density at radius 3 is 2.15 bits per heavy atom. The van der Waals surface area contributed by atoms with Gasteiger partial charge in [0.1, 0.15) is 5.58 Å². The van der Waals surface area contributed by atoms with Gasteiger partial charge in [0.05, 0.1) is 36.7 Å². The Balaban J connectivity index is 0.000000216. The summed E-state index contributed by atoms with van der Waals surface area (Å²) in [6, 6.07) is 45.9. The predicted molar refractivity (Wildman–Crippen MR) is 218 cm³/mol. The van der Waals surface area contributed by atoms with E-state index in [9.17, 15) is 0 Å². The van der Waals surface area contributed by atoms with Crippen LogP contribution in [0, 0.1) is 12.1 Å². The van der Waals surface area contributed by atoms with Crippen molar-refractivity contribution < 1.29 is 24.5 Å². The molecule has 0 saturated carbocycles. The SMILES string of the molecule is CC(C)(C)c1cncc2c1nc(-c1[c-]ccc3c1oc1c4ccccc4ccc31)n2-c1ccccc1.C[Si](C)(C)c1ccc(-c2[c-]cccc2)nc1.[Ir]. The monoisotopic (exact) mass is 885 g/mol. The number of nitrogens with zero attached hydrogens (tertiary/aromatic N) is 4. The van der Waals surface area contributed by atoms with Gasteiger partial charge in [0.2, 0.25) is 0 Å². The van der Waals surface area contributed by atoms with Crippen LogP contribution in [0.3, 0.4) is 0 Å². The fourth-order valence-corrected chi connectivity index (χ4v) is 7.77. The zero-order valence-electron chi connectivity index (χ0n) is 30.7. The van der Waals surface area contributed by atoms with Crippen LogP contribution in [-0.2, 0) is 25.5 Å². The zero-order valence-corrected chi connectivity index (χ0v) is 34.1. The minimum absolute atomic E-state index is 0. The predicted octanol–water partition coefficient (Wildman–Crippen LogP) is 11.3. The van der Waals surface area contributed by atoms with Gasteiger partial charge in [-0.15, -0.1) is 54.1 Å². The second-order valence-corrected chi connectivity index (χ2v) is 20.3. The molecule has 0 saturated heterocycles. The Hall–Kier alpha value is -5.20. The molecule has 0 spiro atoms. The summed E-state index contributed by atoms with van der Waals surface area (Å²) in [5.41, 5.74) is 8.53. The van der Waals surface area contributed by atoms with E-state index in [0.29, 0.717) is 0 Å². The number of hydrogen-bond acceptors (Lipinski definition) is 4. The van der Waals surface area contributed by atoms with Gasteiger partial charge in [-0.1, -0.05) is 118 Å². The van der Waals surface area contributed by atoms with Crippen molar-refractivity contribution in [3.63, 3.8) is 0 Å². The van der Waals surface area contributed by atoms with Crippen LogP contribution in [0.25, 0.3) is 72.1 Å². The summed E-state index contributed by atoms with van der Waals surface area (Å²) in [5.74, 6) is 0.795. The first-order valence-corrected chi connectivity index (χ1v) is 21.2. The molecule has 5 nitrogen and oxygen atoms in total. The minimum Gasteiger partial charge on any atom is -0.500 e. The number of imidazole rings is 1. The molecule has 0 fully saturated rings. The molecule has 0 amide bonds. The van der Waals surface area contributed by atoms with Crippen molar-refractivity contribution in [2.45, 2.75) is 45.8 Å². The summed E-state index contributed by atoms with van der Waals surface area (Å²) >= 11 is 0. The van der Waals surface area contributed by atoms with E-state index in [-0.39, 0.29) is 25.5 Å². The van der Waals surface area contributed by atoms with E-state index < -0.39 is 8.07 Å². The number of benzene rings is 5. The molecule has 0 aliphatic carbocycles. The number of pyridine rings is 2. The van der Waals surface area contributed by atoms with Gasteiger partial charge in [0, 0.05) is 54.5 Å². The van der Waals surface area contributed by atoms with Crippen LogP contribution in [0.2, 0.25) is 19.6 Å². The van der Waals surface area contributed by atoms with Crippen LogP contribution in [-0.4, -0.2) is 27.6 Å². The van der Waals surface area contributed by atoms with Gasteiger partial charge in [-0.2, -0.15) is 0 Å². The molecule has 0 aliphatic heterocycles. The zero-order chi connectivity index (χ0) is 36.0. The van der Waals surface area contributed by atoms with E-state index in [1.165, 1.54) is 5.19 Å². The molecule has 0 atom stereocenters. The Morgan fingerprint density at radius 2 is 1.43 bits per heavy atom. The molecule has 0 aliphatic rings. The van der Waals surface area contributed by atoms with Gasteiger partial charge in [-0.25, -0.2) is 0 Å². The summed E-state index contributed by atoms with van der Waals surface area (Å²) in [6.07, 6.45) is 5.86. The Bertz CT molecular complexity index is 2690. The summed E-state index contributed by atoms with van der Waals surface area (Å²) in [5, 5.41) is 5.82. The normalized spacial score (nSPS) is 11.8. The van der Waals surface area contributed by atoms with Gasteiger partial charge in [0.25, 0.3) is 0 Å². The second kappa shape index (κ2) is 14.3. The van der Waals surface area contributed by atoms with Gasteiger partial charge < -0.3 is 14.0 Å². The van der Waals surface area contributed by atoms with Gasteiger partial charge in [0.15, 0.2) is 0 Å². The van der Waals surface area contributed by atoms with Gasteiger partial charge in [-0.3, -0.25) is 9.97 Å². The van der Waals surface area contributed by atoms with E-state index in [1.807, 2.05) is 67.1 Å². The van der Waals surface area contributed by atoms with Crippen molar-refractivity contribution in [1.29, 1.82) is 0 Å². The van der Waals surface area contributed by atoms with Crippen LogP contribution in [0.5, 0.6) is 0 Å². The standard InChI is InChI=1S/C32H24N3O.C14H16NSi.Ir/c1-32(2,3)26-18-33-19-27-28(26)34-31(35(27)21-11-5-4-6-12-21)25-15-9-14-23-24-17-16-20-10-7-8-13-22(20)29(24)36-30(23)25;1-16(2,3)13-9-10-14(15-11-13)12-7-5-4-6-8-12;/h4-14,16-19H,1-3H3;4-7,9-11H,1-3H3;/q2*-1;. The molecule has 9 rings (SSSR count). The van der Waals surface area contributed by atoms with Crippen LogP contribution in [0.15, 0.2) is 138 Å². The summed E-state index contributed by atoms with van der Waals surface area (Å²) in [6.45, 7) is 13.6. The fourth-order valence-electron chi connectivity index (χ4n) is 6.73. The molecule has 9 aromatic rings. The average Bonchev–Trinajstić information content (AvgIpc) is 3.74. The van der Waals surface area contributed by atoms with E-state index in [0.717, 1.165) is 77.6 Å². The number of rotatable bonds is 4. The number of hydrogen-bond donors (Lipinski definition) is 0. The number of para-hydroxylation sites is 1. The number of aromatic nitrogens is 4. The van der Waals surface area contributed by atoms with Crippen LogP contribution < -0.4 is 5.19 Å². The largest absolute Gasteiger partial charge is 0.500 e. The van der Waals surface area contributed by atoms with Crippen molar-refractivity contribution in [2.75, 3.05) is 0 Å². The molecular formula is C46H40IrN4OSi-2.